The number of hydrogen-bond acceptors (Lipinski definition) is 3. The largest absolute Gasteiger partial charge is 0.383 e. The molecule has 0 saturated carbocycles. The van der Waals surface area contributed by atoms with Crippen LogP contribution < -0.4 is 10.9 Å². The summed E-state index contributed by atoms with van der Waals surface area (Å²) >= 11 is 5.59. The molecule has 0 aliphatic heterocycles. The van der Waals surface area contributed by atoms with Crippen LogP contribution >= 0.6 is 12.2 Å². The zero-order valence-corrected chi connectivity index (χ0v) is 17.0. The van der Waals surface area contributed by atoms with Crippen molar-refractivity contribution in [1.29, 1.82) is 0 Å². The van der Waals surface area contributed by atoms with Crippen molar-refractivity contribution >= 4 is 28.2 Å². The van der Waals surface area contributed by atoms with Gasteiger partial charge in [0.05, 0.1) is 18.7 Å². The molecule has 0 fully saturated rings. The monoisotopic (exact) mass is 395 g/mol. The van der Waals surface area contributed by atoms with Gasteiger partial charge in [0.15, 0.2) is 5.11 Å². The lowest BCUT2D eigenvalue weighted by atomic mass is 10.1. The third-order valence-corrected chi connectivity index (χ3v) is 5.01. The molecule has 0 aliphatic rings. The van der Waals surface area contributed by atoms with E-state index < -0.39 is 0 Å². The minimum Gasteiger partial charge on any atom is -0.383 e. The fourth-order valence-corrected chi connectivity index (χ4v) is 3.36. The molecule has 0 radical (unpaired) electrons. The zero-order chi connectivity index (χ0) is 19.9. The molecule has 0 spiro atoms. The van der Waals surface area contributed by atoms with Crippen LogP contribution in [0.15, 0.2) is 59.4 Å². The van der Waals surface area contributed by atoms with Crippen molar-refractivity contribution in [3.63, 3.8) is 0 Å². The van der Waals surface area contributed by atoms with Gasteiger partial charge in [0, 0.05) is 25.8 Å². The maximum absolute atomic E-state index is 12.7. The van der Waals surface area contributed by atoms with E-state index in [0.29, 0.717) is 36.9 Å². The highest BCUT2D eigenvalue weighted by Crippen LogP contribution is 2.16. The first kappa shape index (κ1) is 20.0. The van der Waals surface area contributed by atoms with E-state index >= 15 is 0 Å². The predicted molar refractivity (Wildman–Crippen MR) is 117 cm³/mol. The van der Waals surface area contributed by atoms with Gasteiger partial charge in [-0.1, -0.05) is 48.5 Å². The Kier molecular flexibility index (Phi) is 6.79. The molecular weight excluding hydrogens is 370 g/mol. The second kappa shape index (κ2) is 9.48. The Morgan fingerprint density at radius 1 is 1.14 bits per heavy atom. The third-order valence-electron chi connectivity index (χ3n) is 4.61. The van der Waals surface area contributed by atoms with Crippen LogP contribution in [0.2, 0.25) is 0 Å². The topological polar surface area (TPSA) is 57.4 Å². The number of pyridine rings is 1. The van der Waals surface area contributed by atoms with Crippen molar-refractivity contribution in [1.82, 2.24) is 15.2 Å². The molecule has 5 nitrogen and oxygen atoms in total. The van der Waals surface area contributed by atoms with Crippen LogP contribution in [0.3, 0.4) is 0 Å². The summed E-state index contributed by atoms with van der Waals surface area (Å²) in [5, 5.41) is 4.83. The molecule has 0 saturated heterocycles. The zero-order valence-electron chi connectivity index (χ0n) is 16.2. The molecule has 0 amide bonds. The predicted octanol–water partition coefficient (Wildman–Crippen LogP) is 3.36. The first-order chi connectivity index (χ1) is 13.6. The Balaban J connectivity index is 1.87. The summed E-state index contributed by atoms with van der Waals surface area (Å²) in [5.41, 5.74) is 3.67. The Morgan fingerprint density at radius 3 is 2.68 bits per heavy atom. The molecule has 1 aromatic heterocycles. The molecule has 28 heavy (non-hydrogen) atoms. The quantitative estimate of drug-likeness (QED) is 0.475. The average Bonchev–Trinajstić information content (AvgIpc) is 2.69. The van der Waals surface area contributed by atoms with Gasteiger partial charge in [-0.3, -0.25) is 4.79 Å². The number of thiocarbonyl (C=S) groups is 1. The van der Waals surface area contributed by atoms with Gasteiger partial charge in [0.1, 0.15) is 0 Å². The van der Waals surface area contributed by atoms with E-state index in [4.69, 9.17) is 17.0 Å². The van der Waals surface area contributed by atoms with Crippen LogP contribution in [0.4, 0.5) is 0 Å². The summed E-state index contributed by atoms with van der Waals surface area (Å²) in [6.45, 7) is 4.22. The smallest absolute Gasteiger partial charge is 0.253 e. The van der Waals surface area contributed by atoms with E-state index in [0.717, 1.165) is 22.0 Å². The number of aromatic nitrogens is 1. The minimum absolute atomic E-state index is 0.0837. The number of para-hydroxylation sites is 1. The van der Waals surface area contributed by atoms with Gasteiger partial charge >= 0.3 is 0 Å². The van der Waals surface area contributed by atoms with Crippen LogP contribution in [0.1, 0.15) is 16.7 Å². The number of hydrogen-bond donors (Lipinski definition) is 2. The molecule has 6 heteroatoms. The van der Waals surface area contributed by atoms with E-state index in [2.05, 4.69) is 22.4 Å². The number of rotatable bonds is 7. The Hall–Kier alpha value is -2.70. The SMILES string of the molecule is COCCNC(=S)N(Cc1ccccc1)Cc1cc2cccc(C)c2[nH]c1=O. The minimum atomic E-state index is -0.0837. The highest BCUT2D eigenvalue weighted by molar-refractivity contribution is 7.80. The molecule has 0 aliphatic carbocycles. The highest BCUT2D eigenvalue weighted by Gasteiger charge is 2.14. The standard InChI is InChI=1S/C22H25N3O2S/c1-16-7-6-10-18-13-19(21(26)24-20(16)18)15-25(22(28)23-11-12-27-2)14-17-8-4-3-5-9-17/h3-10,13H,11-12,14-15H2,1-2H3,(H,23,28)(H,24,26). The summed E-state index contributed by atoms with van der Waals surface area (Å²) in [6.07, 6.45) is 0. The summed E-state index contributed by atoms with van der Waals surface area (Å²) in [5.74, 6) is 0. The second-order valence-corrected chi connectivity index (χ2v) is 7.12. The molecule has 3 aromatic rings. The van der Waals surface area contributed by atoms with Crippen molar-refractivity contribution in [3.8, 4) is 0 Å². The lowest BCUT2D eigenvalue weighted by Gasteiger charge is -2.26. The number of aromatic amines is 1. The molecule has 3 rings (SSSR count). The van der Waals surface area contributed by atoms with Crippen molar-refractivity contribution in [2.24, 2.45) is 0 Å². The fraction of sp³-hybridized carbons (Fsp3) is 0.273. The number of ether oxygens (including phenoxy) is 1. The van der Waals surface area contributed by atoms with E-state index in [1.54, 1.807) is 7.11 Å². The van der Waals surface area contributed by atoms with Crippen LogP contribution in [-0.2, 0) is 17.8 Å². The van der Waals surface area contributed by atoms with Gasteiger partial charge in [-0.25, -0.2) is 0 Å². The Bertz CT molecular complexity index is 1000. The number of aryl methyl sites for hydroxylation is 1. The van der Waals surface area contributed by atoms with Gasteiger partial charge in [0.25, 0.3) is 5.56 Å². The van der Waals surface area contributed by atoms with Crippen LogP contribution in [-0.4, -0.2) is 35.3 Å². The second-order valence-electron chi connectivity index (χ2n) is 6.73. The van der Waals surface area contributed by atoms with Crippen molar-refractivity contribution in [2.45, 2.75) is 20.0 Å². The number of nitrogens with one attached hydrogen (secondary N) is 2. The van der Waals surface area contributed by atoms with E-state index in [9.17, 15) is 4.79 Å². The van der Waals surface area contributed by atoms with E-state index in [-0.39, 0.29) is 5.56 Å². The number of H-pyrrole nitrogens is 1. The number of nitrogens with zero attached hydrogens (tertiary/aromatic N) is 1. The third kappa shape index (κ3) is 4.97. The molecule has 1 heterocycles. The van der Waals surface area contributed by atoms with Gasteiger partial charge in [-0.2, -0.15) is 0 Å². The summed E-state index contributed by atoms with van der Waals surface area (Å²) < 4.78 is 5.09. The summed E-state index contributed by atoms with van der Waals surface area (Å²) in [4.78, 5) is 17.7. The van der Waals surface area contributed by atoms with Crippen molar-refractivity contribution in [2.75, 3.05) is 20.3 Å². The first-order valence-corrected chi connectivity index (χ1v) is 9.66. The summed E-state index contributed by atoms with van der Waals surface area (Å²) in [7, 11) is 1.66. The van der Waals surface area contributed by atoms with Gasteiger partial charge < -0.3 is 19.9 Å². The number of methoxy groups -OCH3 is 1. The molecule has 2 N–H and O–H groups in total. The summed E-state index contributed by atoms with van der Waals surface area (Å²) in [6, 6.07) is 18.1. The number of fused-ring (bicyclic) bond motifs is 1. The van der Waals surface area contributed by atoms with Crippen LogP contribution in [0.5, 0.6) is 0 Å². The van der Waals surface area contributed by atoms with E-state index in [1.807, 2.05) is 54.3 Å². The van der Waals surface area contributed by atoms with Gasteiger partial charge in [-0.05, 0) is 41.7 Å². The molecule has 0 unspecified atom stereocenters. The molecular formula is C22H25N3O2S. The van der Waals surface area contributed by atoms with Crippen molar-refractivity contribution < 1.29 is 4.74 Å². The fourth-order valence-electron chi connectivity index (χ4n) is 3.13. The maximum atomic E-state index is 12.7. The molecule has 146 valence electrons. The van der Waals surface area contributed by atoms with Gasteiger partial charge in [-0.15, -0.1) is 0 Å². The Labute approximate surface area is 170 Å². The van der Waals surface area contributed by atoms with Gasteiger partial charge in [0.2, 0.25) is 0 Å². The Morgan fingerprint density at radius 2 is 1.93 bits per heavy atom. The maximum Gasteiger partial charge on any atom is 0.253 e. The lowest BCUT2D eigenvalue weighted by molar-refractivity contribution is 0.202. The highest BCUT2D eigenvalue weighted by atomic mass is 32.1. The van der Waals surface area contributed by atoms with Crippen LogP contribution in [0, 0.1) is 6.92 Å². The van der Waals surface area contributed by atoms with E-state index in [1.165, 1.54) is 0 Å². The number of benzene rings is 2. The lowest BCUT2D eigenvalue weighted by Crippen LogP contribution is -2.41. The normalized spacial score (nSPS) is 10.8. The van der Waals surface area contributed by atoms with Crippen LogP contribution in [0.25, 0.3) is 10.9 Å². The van der Waals surface area contributed by atoms with Crippen molar-refractivity contribution in [3.05, 3.63) is 81.6 Å². The average molecular weight is 396 g/mol. The molecule has 0 atom stereocenters. The first-order valence-electron chi connectivity index (χ1n) is 9.25. The molecule has 2 aromatic carbocycles. The molecule has 0 bridgehead atoms.